The number of aromatic nitrogens is 2. The first-order valence-corrected chi connectivity index (χ1v) is 11.1. The first-order chi connectivity index (χ1) is 15.5. The zero-order chi connectivity index (χ0) is 22.3. The van der Waals surface area contributed by atoms with Crippen molar-refractivity contribution in [2.75, 3.05) is 11.9 Å². The van der Waals surface area contributed by atoms with Crippen LogP contribution in [0, 0.1) is 5.92 Å². The maximum atomic E-state index is 13.8. The van der Waals surface area contributed by atoms with Crippen molar-refractivity contribution in [1.82, 2.24) is 9.55 Å². The second-order valence-corrected chi connectivity index (χ2v) is 9.06. The van der Waals surface area contributed by atoms with Crippen LogP contribution in [0.3, 0.4) is 0 Å². The Morgan fingerprint density at radius 2 is 1.91 bits per heavy atom. The molecular weight excluding hydrogens is 404 g/mol. The van der Waals surface area contributed by atoms with Gasteiger partial charge in [-0.3, -0.25) is 14.2 Å². The van der Waals surface area contributed by atoms with E-state index >= 15 is 0 Å². The highest BCUT2D eigenvalue weighted by Gasteiger charge is 2.71. The summed E-state index contributed by atoms with van der Waals surface area (Å²) >= 11 is 0. The van der Waals surface area contributed by atoms with Crippen LogP contribution in [0.15, 0.2) is 58.3 Å². The van der Waals surface area contributed by atoms with Crippen molar-refractivity contribution in [1.29, 1.82) is 0 Å². The van der Waals surface area contributed by atoms with Gasteiger partial charge in [-0.1, -0.05) is 44.2 Å². The average Bonchev–Trinajstić information content (AvgIpc) is 3.06. The summed E-state index contributed by atoms with van der Waals surface area (Å²) < 4.78 is 7.71. The highest BCUT2D eigenvalue weighted by atomic mass is 16.5. The lowest BCUT2D eigenvalue weighted by molar-refractivity contribution is -0.127. The highest BCUT2D eigenvalue weighted by Crippen LogP contribution is 2.63. The molecule has 2 bridgehead atoms. The molecule has 0 saturated heterocycles. The lowest BCUT2D eigenvalue weighted by Gasteiger charge is -2.56. The van der Waals surface area contributed by atoms with Crippen molar-refractivity contribution in [3.63, 3.8) is 0 Å². The van der Waals surface area contributed by atoms with Crippen molar-refractivity contribution in [2.24, 2.45) is 10.9 Å². The number of ether oxygens (including phenoxy) is 1. The summed E-state index contributed by atoms with van der Waals surface area (Å²) in [6.45, 7) is 6.42. The molecule has 1 spiro atoms. The first kappa shape index (κ1) is 19.2. The minimum Gasteiger partial charge on any atom is -0.480 e. The Morgan fingerprint density at radius 3 is 2.69 bits per heavy atom. The minimum atomic E-state index is -1.08. The number of nitrogens with one attached hydrogen (secondary N) is 1. The normalized spacial score (nSPS) is 27.4. The van der Waals surface area contributed by atoms with E-state index in [1.54, 1.807) is 10.6 Å². The van der Waals surface area contributed by atoms with E-state index in [0.717, 1.165) is 11.3 Å². The van der Waals surface area contributed by atoms with Gasteiger partial charge in [-0.2, -0.15) is 0 Å². The smallest absolute Gasteiger partial charge is 0.262 e. The molecule has 1 N–H and O–H groups in total. The molecule has 0 radical (unpaired) electrons. The van der Waals surface area contributed by atoms with Gasteiger partial charge in [0.05, 0.1) is 17.5 Å². The van der Waals surface area contributed by atoms with E-state index in [9.17, 15) is 9.59 Å². The summed E-state index contributed by atoms with van der Waals surface area (Å²) in [6, 6.07) is 14.7. The van der Waals surface area contributed by atoms with E-state index in [4.69, 9.17) is 14.7 Å². The number of benzene rings is 2. The summed E-state index contributed by atoms with van der Waals surface area (Å²) in [5.74, 6) is 0.833. The maximum Gasteiger partial charge on any atom is 0.262 e. The van der Waals surface area contributed by atoms with Crippen molar-refractivity contribution in [2.45, 2.75) is 44.2 Å². The third kappa shape index (κ3) is 2.02. The number of amides is 1. The van der Waals surface area contributed by atoms with Crippen LogP contribution in [0.4, 0.5) is 5.69 Å². The summed E-state index contributed by atoms with van der Waals surface area (Å²) in [4.78, 5) is 37.7. The number of para-hydroxylation sites is 2. The van der Waals surface area contributed by atoms with Crippen LogP contribution in [0.2, 0.25) is 0 Å². The molecule has 1 amide bonds. The molecule has 3 aromatic rings. The van der Waals surface area contributed by atoms with Crippen molar-refractivity contribution < 1.29 is 9.53 Å². The number of hydrogen-bond acceptors (Lipinski definition) is 5. The summed E-state index contributed by atoms with van der Waals surface area (Å²) in [5.41, 5.74) is 0.169. The van der Waals surface area contributed by atoms with Crippen LogP contribution in [0.5, 0.6) is 0 Å². The monoisotopic (exact) mass is 428 g/mol. The van der Waals surface area contributed by atoms with Gasteiger partial charge in [0.15, 0.2) is 0 Å². The standard InChI is InChI=1S/C25H24N4O3/c1-4-32-20-19-13-24(16-10-6-8-12-18(16)27-23(24)31)25(28-20,14(2)3)22-26-17-11-7-5-9-15(17)21(30)29(19)22/h5-12,14,19H,4,13H2,1-3H3,(H,27,31)/t19-,24+,25+/m1/s1. The van der Waals surface area contributed by atoms with Crippen LogP contribution in [-0.2, 0) is 20.5 Å². The average molecular weight is 428 g/mol. The van der Waals surface area contributed by atoms with E-state index in [1.165, 1.54) is 0 Å². The molecule has 0 aliphatic carbocycles. The Morgan fingerprint density at radius 1 is 1.16 bits per heavy atom. The minimum absolute atomic E-state index is 0.0923. The first-order valence-electron chi connectivity index (χ1n) is 11.1. The number of carbonyl (C=O) groups excluding carboxylic acids is 1. The van der Waals surface area contributed by atoms with Crippen LogP contribution < -0.4 is 10.9 Å². The predicted molar refractivity (Wildman–Crippen MR) is 122 cm³/mol. The molecule has 0 saturated carbocycles. The molecule has 32 heavy (non-hydrogen) atoms. The van der Waals surface area contributed by atoms with E-state index < -0.39 is 17.0 Å². The quantitative estimate of drug-likeness (QED) is 0.677. The third-order valence-electron chi connectivity index (χ3n) is 7.33. The Hall–Kier alpha value is -3.48. The van der Waals surface area contributed by atoms with Gasteiger partial charge in [0.1, 0.15) is 22.8 Å². The molecule has 7 nitrogen and oxygen atoms in total. The van der Waals surface area contributed by atoms with Gasteiger partial charge < -0.3 is 10.1 Å². The van der Waals surface area contributed by atoms with Gasteiger partial charge in [0, 0.05) is 5.69 Å². The van der Waals surface area contributed by atoms with Gasteiger partial charge >= 0.3 is 0 Å². The van der Waals surface area contributed by atoms with Crippen LogP contribution in [0.1, 0.15) is 44.6 Å². The number of hydrogen-bond donors (Lipinski definition) is 1. The van der Waals surface area contributed by atoms with Gasteiger partial charge in [0.2, 0.25) is 11.8 Å². The van der Waals surface area contributed by atoms with Crippen LogP contribution in [-0.4, -0.2) is 28.0 Å². The van der Waals surface area contributed by atoms with E-state index in [-0.39, 0.29) is 17.4 Å². The van der Waals surface area contributed by atoms with Crippen molar-refractivity contribution in [3.05, 3.63) is 70.3 Å². The molecule has 7 rings (SSSR count). The number of aliphatic imine (C=N–C) groups is 1. The zero-order valence-corrected chi connectivity index (χ0v) is 18.3. The Bertz CT molecular complexity index is 1390. The molecule has 0 fully saturated rings. The topological polar surface area (TPSA) is 85.6 Å². The Balaban J connectivity index is 1.78. The Kier molecular flexibility index (Phi) is 3.77. The SMILES string of the molecule is CCOC1=N[C@@]2(C(C)C)c3nc4ccccc4c(=O)n3[C@@H]1C[C@]21C(=O)Nc2ccccc21. The Labute approximate surface area is 185 Å². The largest absolute Gasteiger partial charge is 0.480 e. The van der Waals surface area contributed by atoms with E-state index in [2.05, 4.69) is 5.32 Å². The van der Waals surface area contributed by atoms with Crippen LogP contribution >= 0.6 is 0 Å². The lowest BCUT2D eigenvalue weighted by Crippen LogP contribution is -2.66. The third-order valence-corrected chi connectivity index (χ3v) is 7.33. The lowest BCUT2D eigenvalue weighted by atomic mass is 9.54. The van der Waals surface area contributed by atoms with Crippen molar-refractivity contribution in [3.8, 4) is 0 Å². The maximum absolute atomic E-state index is 13.8. The van der Waals surface area contributed by atoms with Crippen molar-refractivity contribution >= 4 is 28.4 Å². The van der Waals surface area contributed by atoms with Gasteiger partial charge in [-0.05, 0) is 43.0 Å². The molecule has 4 aliphatic rings. The molecule has 1 aromatic heterocycles. The number of nitrogens with zero attached hydrogens (tertiary/aromatic N) is 3. The molecule has 2 aromatic carbocycles. The number of anilines is 1. The molecule has 7 heteroatoms. The number of fused-ring (bicyclic) bond motifs is 2. The van der Waals surface area contributed by atoms with Gasteiger partial charge in [0.25, 0.3) is 5.56 Å². The molecule has 5 heterocycles. The summed E-state index contributed by atoms with van der Waals surface area (Å²) in [6.07, 6.45) is 0.403. The second-order valence-electron chi connectivity index (χ2n) is 9.06. The molecule has 4 aliphatic heterocycles. The highest BCUT2D eigenvalue weighted by molar-refractivity contribution is 6.09. The van der Waals surface area contributed by atoms with Crippen LogP contribution in [0.25, 0.3) is 10.9 Å². The van der Waals surface area contributed by atoms with Gasteiger partial charge in [-0.15, -0.1) is 0 Å². The number of carbonyl (C=O) groups is 1. The van der Waals surface area contributed by atoms with Gasteiger partial charge in [-0.25, -0.2) is 9.98 Å². The molecular formula is C25H24N4O3. The summed E-state index contributed by atoms with van der Waals surface area (Å²) in [7, 11) is 0. The van der Waals surface area contributed by atoms with E-state index in [0.29, 0.717) is 35.7 Å². The fraction of sp³-hybridized carbons (Fsp3) is 0.360. The second kappa shape index (κ2) is 6.28. The number of rotatable bonds is 2. The van der Waals surface area contributed by atoms with E-state index in [1.807, 2.05) is 63.2 Å². The zero-order valence-electron chi connectivity index (χ0n) is 18.3. The molecule has 3 atom stereocenters. The molecule has 0 unspecified atom stereocenters. The summed E-state index contributed by atoms with van der Waals surface area (Å²) in [5, 5.41) is 3.65. The fourth-order valence-corrected chi connectivity index (χ4v) is 6.08. The molecule has 162 valence electrons. The predicted octanol–water partition coefficient (Wildman–Crippen LogP) is 3.53. The fourth-order valence-electron chi connectivity index (χ4n) is 6.08.